The van der Waals surface area contributed by atoms with Gasteiger partial charge in [0.25, 0.3) is 0 Å². The Morgan fingerprint density at radius 2 is 1.94 bits per heavy atom. The van der Waals surface area contributed by atoms with Crippen molar-refractivity contribution in [1.29, 1.82) is 0 Å². The molecule has 0 aliphatic rings. The van der Waals surface area contributed by atoms with Crippen LogP contribution in [0.1, 0.15) is 5.56 Å². The number of hydrogen-bond donors (Lipinski definition) is 1. The second kappa shape index (κ2) is 5.91. The van der Waals surface area contributed by atoms with E-state index in [0.717, 1.165) is 10.2 Å². The molecule has 2 rings (SSSR count). The Kier molecular flexibility index (Phi) is 4.49. The first-order chi connectivity index (χ1) is 8.58. The molecular weight excluding hydrogens is 340 g/mol. The fraction of sp³-hybridized carbons (Fsp3) is 0.0769. The number of anilines is 1. The molecule has 0 aliphatic carbocycles. The van der Waals surface area contributed by atoms with Gasteiger partial charge in [-0.1, -0.05) is 29.3 Å². The summed E-state index contributed by atoms with van der Waals surface area (Å²) >= 11 is 15.2. The van der Waals surface area contributed by atoms with Crippen LogP contribution >= 0.6 is 39.1 Å². The molecule has 0 amide bonds. The molecule has 0 radical (unpaired) electrons. The van der Waals surface area contributed by atoms with Crippen molar-refractivity contribution in [3.05, 3.63) is 62.3 Å². The maximum absolute atomic E-state index is 13.5. The van der Waals surface area contributed by atoms with Gasteiger partial charge < -0.3 is 5.32 Å². The van der Waals surface area contributed by atoms with Gasteiger partial charge in [0.1, 0.15) is 5.82 Å². The normalized spacial score (nSPS) is 10.4. The molecule has 1 nitrogen and oxygen atoms in total. The van der Waals surface area contributed by atoms with Gasteiger partial charge in [-0.3, -0.25) is 0 Å². The number of benzene rings is 2. The molecule has 94 valence electrons. The van der Waals surface area contributed by atoms with Crippen LogP contribution in [0.15, 0.2) is 40.9 Å². The van der Waals surface area contributed by atoms with E-state index in [1.54, 1.807) is 12.1 Å². The van der Waals surface area contributed by atoms with Gasteiger partial charge in [-0.05, 0) is 46.3 Å². The Balaban J connectivity index is 2.16. The molecule has 5 heteroatoms. The molecule has 0 bridgehead atoms. The zero-order valence-corrected chi connectivity index (χ0v) is 12.3. The first-order valence-corrected chi connectivity index (χ1v) is 6.74. The Labute approximate surface area is 123 Å². The molecule has 0 fully saturated rings. The number of nitrogens with one attached hydrogen (secondary N) is 1. The second-order valence-electron chi connectivity index (χ2n) is 3.69. The van der Waals surface area contributed by atoms with Crippen LogP contribution in [0.4, 0.5) is 10.1 Å². The fourth-order valence-corrected chi connectivity index (χ4v) is 2.28. The predicted octanol–water partition coefficient (Wildman–Crippen LogP) is 5.51. The van der Waals surface area contributed by atoms with Crippen molar-refractivity contribution in [2.24, 2.45) is 0 Å². The molecule has 0 saturated heterocycles. The predicted molar refractivity (Wildman–Crippen MR) is 77.9 cm³/mol. The molecule has 0 spiro atoms. The zero-order valence-electron chi connectivity index (χ0n) is 9.18. The van der Waals surface area contributed by atoms with Crippen LogP contribution in [0.25, 0.3) is 0 Å². The summed E-state index contributed by atoms with van der Waals surface area (Å²) in [5.41, 5.74) is 1.32. The standard InChI is InChI=1S/C13H9BrCl2FN/c14-13-10(16)2-1-3-12(13)18-7-8-6-9(15)4-5-11(8)17/h1-6,18H,7H2. The van der Waals surface area contributed by atoms with Gasteiger partial charge in [0.2, 0.25) is 0 Å². The van der Waals surface area contributed by atoms with E-state index in [1.807, 2.05) is 12.1 Å². The molecule has 0 heterocycles. The van der Waals surface area contributed by atoms with E-state index >= 15 is 0 Å². The Hall–Kier alpha value is -0.770. The third kappa shape index (κ3) is 3.16. The summed E-state index contributed by atoms with van der Waals surface area (Å²) in [4.78, 5) is 0. The number of halogens is 4. The lowest BCUT2D eigenvalue weighted by molar-refractivity contribution is 0.613. The van der Waals surface area contributed by atoms with Crippen molar-refractivity contribution in [2.75, 3.05) is 5.32 Å². The smallest absolute Gasteiger partial charge is 0.128 e. The largest absolute Gasteiger partial charge is 0.380 e. The van der Waals surface area contributed by atoms with E-state index in [1.165, 1.54) is 12.1 Å². The van der Waals surface area contributed by atoms with E-state index in [-0.39, 0.29) is 5.82 Å². The number of hydrogen-bond acceptors (Lipinski definition) is 1. The van der Waals surface area contributed by atoms with Crippen LogP contribution in [0.5, 0.6) is 0 Å². The average Bonchev–Trinajstić information content (AvgIpc) is 2.35. The zero-order chi connectivity index (χ0) is 13.1. The summed E-state index contributed by atoms with van der Waals surface area (Å²) in [7, 11) is 0. The molecule has 0 unspecified atom stereocenters. The molecule has 0 aliphatic heterocycles. The maximum atomic E-state index is 13.5. The highest BCUT2D eigenvalue weighted by molar-refractivity contribution is 9.10. The van der Waals surface area contributed by atoms with Gasteiger partial charge in [0.05, 0.1) is 15.2 Å². The minimum absolute atomic E-state index is 0.287. The Morgan fingerprint density at radius 3 is 2.72 bits per heavy atom. The summed E-state index contributed by atoms with van der Waals surface area (Å²) in [6.45, 7) is 0.339. The highest BCUT2D eigenvalue weighted by atomic mass is 79.9. The lowest BCUT2D eigenvalue weighted by atomic mass is 10.2. The van der Waals surface area contributed by atoms with Crippen LogP contribution < -0.4 is 5.32 Å². The molecule has 1 N–H and O–H groups in total. The van der Waals surface area contributed by atoms with Gasteiger partial charge in [-0.15, -0.1) is 0 Å². The van der Waals surface area contributed by atoms with Gasteiger partial charge in [-0.25, -0.2) is 4.39 Å². The third-order valence-corrected chi connectivity index (χ3v) is 4.06. The molecule has 2 aromatic rings. The maximum Gasteiger partial charge on any atom is 0.128 e. The molecule has 0 saturated carbocycles. The molecule has 0 atom stereocenters. The number of rotatable bonds is 3. The lowest BCUT2D eigenvalue weighted by Gasteiger charge is -2.10. The van der Waals surface area contributed by atoms with Crippen molar-refractivity contribution in [2.45, 2.75) is 6.54 Å². The van der Waals surface area contributed by atoms with Crippen molar-refractivity contribution in [3.63, 3.8) is 0 Å². The Morgan fingerprint density at radius 1 is 1.17 bits per heavy atom. The van der Waals surface area contributed by atoms with E-state index < -0.39 is 0 Å². The topological polar surface area (TPSA) is 12.0 Å². The van der Waals surface area contributed by atoms with E-state index in [2.05, 4.69) is 21.2 Å². The highest BCUT2D eigenvalue weighted by Crippen LogP contribution is 2.30. The van der Waals surface area contributed by atoms with Gasteiger partial charge >= 0.3 is 0 Å². The van der Waals surface area contributed by atoms with Crippen molar-refractivity contribution >= 4 is 44.8 Å². The third-order valence-electron chi connectivity index (χ3n) is 2.43. The van der Waals surface area contributed by atoms with Gasteiger partial charge in [0, 0.05) is 17.1 Å². The summed E-state index contributed by atoms with van der Waals surface area (Å²) in [5.74, 6) is -0.287. The van der Waals surface area contributed by atoms with Gasteiger partial charge in [-0.2, -0.15) is 0 Å². The van der Waals surface area contributed by atoms with Gasteiger partial charge in [0.15, 0.2) is 0 Å². The quantitative estimate of drug-likeness (QED) is 0.771. The van der Waals surface area contributed by atoms with Crippen molar-refractivity contribution in [3.8, 4) is 0 Å². The monoisotopic (exact) mass is 347 g/mol. The molecule has 2 aromatic carbocycles. The minimum Gasteiger partial charge on any atom is -0.380 e. The first-order valence-electron chi connectivity index (χ1n) is 5.20. The highest BCUT2D eigenvalue weighted by Gasteiger charge is 2.06. The average molecular weight is 349 g/mol. The minimum atomic E-state index is -0.287. The Bertz CT molecular complexity index is 573. The SMILES string of the molecule is Fc1ccc(Cl)cc1CNc1cccc(Cl)c1Br. The first kappa shape index (κ1) is 13.7. The summed E-state index contributed by atoms with van der Waals surface area (Å²) in [6.07, 6.45) is 0. The summed E-state index contributed by atoms with van der Waals surface area (Å²) in [5, 5.41) is 4.22. The van der Waals surface area contributed by atoms with E-state index in [4.69, 9.17) is 23.2 Å². The second-order valence-corrected chi connectivity index (χ2v) is 5.33. The van der Waals surface area contributed by atoms with Crippen molar-refractivity contribution < 1.29 is 4.39 Å². The fourth-order valence-electron chi connectivity index (χ4n) is 1.51. The lowest BCUT2D eigenvalue weighted by Crippen LogP contribution is -2.02. The summed E-state index contributed by atoms with van der Waals surface area (Å²) in [6, 6.07) is 9.93. The van der Waals surface area contributed by atoms with Crippen molar-refractivity contribution in [1.82, 2.24) is 0 Å². The van der Waals surface area contributed by atoms with Crippen LogP contribution in [0, 0.1) is 5.82 Å². The van der Waals surface area contributed by atoms with Crippen LogP contribution in [-0.4, -0.2) is 0 Å². The van der Waals surface area contributed by atoms with Crippen LogP contribution in [0.2, 0.25) is 10.0 Å². The molecular formula is C13H9BrCl2FN. The van der Waals surface area contributed by atoms with E-state index in [0.29, 0.717) is 22.2 Å². The summed E-state index contributed by atoms with van der Waals surface area (Å²) < 4.78 is 14.3. The van der Waals surface area contributed by atoms with Crippen LogP contribution in [-0.2, 0) is 6.54 Å². The van der Waals surface area contributed by atoms with E-state index in [9.17, 15) is 4.39 Å². The molecule has 0 aromatic heterocycles. The molecule has 18 heavy (non-hydrogen) atoms. The van der Waals surface area contributed by atoms with Crippen LogP contribution in [0.3, 0.4) is 0 Å².